The van der Waals surface area contributed by atoms with Gasteiger partial charge in [0, 0.05) is 17.9 Å². The maximum atomic E-state index is 12.4. The number of ketones is 1. The number of rotatable bonds is 2. The van der Waals surface area contributed by atoms with E-state index in [4.69, 9.17) is 0 Å². The predicted octanol–water partition coefficient (Wildman–Crippen LogP) is 0.155. The van der Waals surface area contributed by atoms with Gasteiger partial charge in [0.2, 0.25) is 0 Å². The van der Waals surface area contributed by atoms with E-state index in [9.17, 15) is 9.90 Å². The van der Waals surface area contributed by atoms with Crippen molar-refractivity contribution in [1.29, 1.82) is 0 Å². The Labute approximate surface area is 102 Å². The average Bonchev–Trinajstić information content (AvgIpc) is 2.34. The zero-order valence-corrected chi connectivity index (χ0v) is 10.4. The molecular formula is C14H20NO2+. The van der Waals surface area contributed by atoms with Crippen LogP contribution in [0.4, 0.5) is 0 Å². The number of benzene rings is 1. The molecule has 1 unspecified atom stereocenters. The first kappa shape index (κ1) is 12.3. The highest BCUT2D eigenvalue weighted by molar-refractivity contribution is 6.02. The molecule has 0 spiro atoms. The molecule has 0 amide bonds. The van der Waals surface area contributed by atoms with Crippen LogP contribution < -0.4 is 4.90 Å². The molecule has 1 aromatic rings. The van der Waals surface area contributed by atoms with Gasteiger partial charge in [-0.25, -0.2) is 0 Å². The zero-order chi connectivity index (χ0) is 12.5. The zero-order valence-electron chi connectivity index (χ0n) is 10.4. The van der Waals surface area contributed by atoms with Gasteiger partial charge >= 0.3 is 0 Å². The van der Waals surface area contributed by atoms with Gasteiger partial charge in [-0.1, -0.05) is 37.3 Å². The van der Waals surface area contributed by atoms with Gasteiger partial charge in [-0.3, -0.25) is 4.79 Å². The third-order valence-electron chi connectivity index (χ3n) is 3.83. The minimum atomic E-state index is -1.18. The Morgan fingerprint density at radius 1 is 1.41 bits per heavy atom. The monoisotopic (exact) mass is 234 g/mol. The third kappa shape index (κ3) is 2.26. The maximum Gasteiger partial charge on any atom is 0.195 e. The van der Waals surface area contributed by atoms with E-state index in [0.717, 1.165) is 13.1 Å². The third-order valence-corrected chi connectivity index (χ3v) is 3.83. The number of carbonyl (C=O) groups excluding carboxylic acids is 1. The molecule has 17 heavy (non-hydrogen) atoms. The summed E-state index contributed by atoms with van der Waals surface area (Å²) in [5.41, 5.74) is -0.567. The van der Waals surface area contributed by atoms with Crippen molar-refractivity contribution in [2.75, 3.05) is 20.1 Å². The summed E-state index contributed by atoms with van der Waals surface area (Å²) >= 11 is 0. The first-order chi connectivity index (χ1) is 8.04. The lowest BCUT2D eigenvalue weighted by molar-refractivity contribution is -0.890. The molecule has 3 heteroatoms. The molecule has 1 aliphatic heterocycles. The van der Waals surface area contributed by atoms with Crippen LogP contribution in [0.3, 0.4) is 0 Å². The summed E-state index contributed by atoms with van der Waals surface area (Å²) in [6.07, 6.45) is 0.549. The Morgan fingerprint density at radius 3 is 2.65 bits per heavy atom. The number of hydrogen-bond donors (Lipinski definition) is 2. The Morgan fingerprint density at radius 2 is 2.06 bits per heavy atom. The summed E-state index contributed by atoms with van der Waals surface area (Å²) in [5.74, 6) is -0.123. The molecule has 3 nitrogen and oxygen atoms in total. The van der Waals surface area contributed by atoms with Crippen LogP contribution in [0.25, 0.3) is 0 Å². The second-order valence-corrected chi connectivity index (χ2v) is 5.18. The van der Waals surface area contributed by atoms with Crippen molar-refractivity contribution < 1.29 is 14.8 Å². The summed E-state index contributed by atoms with van der Waals surface area (Å²) in [4.78, 5) is 13.8. The second-order valence-electron chi connectivity index (χ2n) is 5.18. The Kier molecular flexibility index (Phi) is 3.31. The predicted molar refractivity (Wildman–Crippen MR) is 66.1 cm³/mol. The van der Waals surface area contributed by atoms with E-state index in [1.807, 2.05) is 25.1 Å². The molecule has 2 rings (SSSR count). The van der Waals surface area contributed by atoms with Gasteiger partial charge in [0.25, 0.3) is 0 Å². The number of quaternary nitrogens is 1. The number of hydrogen-bond acceptors (Lipinski definition) is 2. The molecular weight excluding hydrogens is 214 g/mol. The van der Waals surface area contributed by atoms with Gasteiger partial charge in [0.05, 0.1) is 20.1 Å². The molecule has 0 aromatic heterocycles. The van der Waals surface area contributed by atoms with Crippen molar-refractivity contribution in [1.82, 2.24) is 0 Å². The van der Waals surface area contributed by atoms with Crippen LogP contribution in [0.1, 0.15) is 23.7 Å². The Balaban J connectivity index is 2.24. The van der Waals surface area contributed by atoms with Gasteiger partial charge in [0.15, 0.2) is 5.78 Å². The number of nitrogens with one attached hydrogen (secondary N) is 1. The van der Waals surface area contributed by atoms with Gasteiger partial charge in [-0.15, -0.1) is 0 Å². The fourth-order valence-corrected chi connectivity index (χ4v) is 2.62. The van der Waals surface area contributed by atoms with Crippen molar-refractivity contribution in [2.45, 2.75) is 18.9 Å². The first-order valence-corrected chi connectivity index (χ1v) is 6.17. The van der Waals surface area contributed by atoms with Gasteiger partial charge in [-0.2, -0.15) is 0 Å². The topological polar surface area (TPSA) is 41.7 Å². The quantitative estimate of drug-likeness (QED) is 0.716. The van der Waals surface area contributed by atoms with Crippen molar-refractivity contribution >= 4 is 5.78 Å². The van der Waals surface area contributed by atoms with E-state index in [2.05, 4.69) is 7.05 Å². The molecule has 0 bridgehead atoms. The molecule has 0 aliphatic carbocycles. The van der Waals surface area contributed by atoms with Gasteiger partial charge in [-0.05, 0) is 0 Å². The molecule has 3 atom stereocenters. The van der Waals surface area contributed by atoms with Crippen molar-refractivity contribution in [3.8, 4) is 0 Å². The van der Waals surface area contributed by atoms with E-state index >= 15 is 0 Å². The summed E-state index contributed by atoms with van der Waals surface area (Å²) in [6, 6.07) is 9.10. The largest absolute Gasteiger partial charge is 0.381 e. The van der Waals surface area contributed by atoms with Crippen LogP contribution in [0, 0.1) is 5.92 Å². The molecule has 92 valence electrons. The fraction of sp³-hybridized carbons (Fsp3) is 0.500. The normalized spacial score (nSPS) is 33.4. The van der Waals surface area contributed by atoms with Crippen molar-refractivity contribution in [3.05, 3.63) is 35.9 Å². The van der Waals surface area contributed by atoms with Crippen LogP contribution in [0.5, 0.6) is 0 Å². The molecule has 1 saturated heterocycles. The number of likely N-dealkylation sites (tertiary alicyclic amines) is 1. The first-order valence-electron chi connectivity index (χ1n) is 6.17. The molecule has 1 aliphatic rings. The lowest BCUT2D eigenvalue weighted by Crippen LogP contribution is -3.12. The van der Waals surface area contributed by atoms with Crippen LogP contribution in [-0.4, -0.2) is 36.6 Å². The summed E-state index contributed by atoms with van der Waals surface area (Å²) < 4.78 is 0. The molecule has 0 saturated carbocycles. The summed E-state index contributed by atoms with van der Waals surface area (Å²) in [5, 5.41) is 10.6. The minimum absolute atomic E-state index is 0.00366. The van der Waals surface area contributed by atoms with Gasteiger partial charge in [0.1, 0.15) is 5.60 Å². The Hall–Kier alpha value is -1.19. The standard InChI is InChI=1S/C14H19NO2/c1-11-10-15(2)9-8-14(11,17)13(16)12-6-4-3-5-7-12/h3-7,11,17H,8-10H2,1-2H3/p+1/t11-,14+/m0/s1. The molecule has 1 heterocycles. The Bertz CT molecular complexity index is 404. The second kappa shape index (κ2) is 4.59. The SMILES string of the molecule is C[C@H]1C[NH+](C)CC[C@]1(O)C(=O)c1ccccc1. The van der Waals surface area contributed by atoms with Crippen LogP contribution >= 0.6 is 0 Å². The van der Waals surface area contributed by atoms with E-state index in [-0.39, 0.29) is 11.7 Å². The fourth-order valence-electron chi connectivity index (χ4n) is 2.62. The highest BCUT2D eigenvalue weighted by Crippen LogP contribution is 2.26. The van der Waals surface area contributed by atoms with Crippen molar-refractivity contribution in [3.63, 3.8) is 0 Å². The summed E-state index contributed by atoms with van der Waals surface area (Å²) in [7, 11) is 2.10. The van der Waals surface area contributed by atoms with Gasteiger partial charge < -0.3 is 10.0 Å². The average molecular weight is 234 g/mol. The highest BCUT2D eigenvalue weighted by Gasteiger charge is 2.46. The van der Waals surface area contributed by atoms with E-state index in [0.29, 0.717) is 12.0 Å². The lowest BCUT2D eigenvalue weighted by atomic mass is 9.77. The molecule has 2 N–H and O–H groups in total. The lowest BCUT2D eigenvalue weighted by Gasteiger charge is -2.38. The molecule has 0 radical (unpaired) electrons. The minimum Gasteiger partial charge on any atom is -0.381 e. The van der Waals surface area contributed by atoms with Crippen molar-refractivity contribution in [2.24, 2.45) is 5.92 Å². The molecule has 1 fully saturated rings. The molecule has 1 aromatic carbocycles. The van der Waals surface area contributed by atoms with Crippen LogP contribution in [-0.2, 0) is 0 Å². The highest BCUT2D eigenvalue weighted by atomic mass is 16.3. The maximum absolute atomic E-state index is 12.4. The number of piperidine rings is 1. The van der Waals surface area contributed by atoms with Crippen LogP contribution in [0.15, 0.2) is 30.3 Å². The van der Waals surface area contributed by atoms with E-state index < -0.39 is 5.60 Å². The van der Waals surface area contributed by atoms with Crippen LogP contribution in [0.2, 0.25) is 0 Å². The smallest absolute Gasteiger partial charge is 0.195 e. The van der Waals surface area contributed by atoms with E-state index in [1.54, 1.807) is 12.1 Å². The number of aliphatic hydroxyl groups is 1. The summed E-state index contributed by atoms with van der Waals surface area (Å²) in [6.45, 7) is 3.65. The van der Waals surface area contributed by atoms with E-state index in [1.165, 1.54) is 4.90 Å². The number of Topliss-reactive ketones (excluding diaryl/α,β-unsaturated/α-hetero) is 1. The number of carbonyl (C=O) groups is 1.